The summed E-state index contributed by atoms with van der Waals surface area (Å²) in [7, 11) is 1.42. The Bertz CT molecular complexity index is 1110. The number of nitrogens with zero attached hydrogens (tertiary/aromatic N) is 1. The van der Waals surface area contributed by atoms with Crippen molar-refractivity contribution in [2.75, 3.05) is 13.7 Å². The van der Waals surface area contributed by atoms with E-state index in [1.54, 1.807) is 33.8 Å². The summed E-state index contributed by atoms with van der Waals surface area (Å²) in [6.45, 7) is 9.19. The Labute approximate surface area is 197 Å². The zero-order chi connectivity index (χ0) is 25.2. The highest BCUT2D eigenvalue weighted by Gasteiger charge is 2.50. The molecule has 2 aromatic rings. The van der Waals surface area contributed by atoms with Crippen LogP contribution >= 0.6 is 0 Å². The van der Waals surface area contributed by atoms with Gasteiger partial charge in [0.1, 0.15) is 47.6 Å². The van der Waals surface area contributed by atoms with Crippen LogP contribution in [0.15, 0.2) is 26.5 Å². The Hall–Kier alpha value is -2.66. The number of benzene rings is 1. The lowest BCUT2D eigenvalue weighted by molar-refractivity contribution is -0.306. The van der Waals surface area contributed by atoms with Crippen molar-refractivity contribution in [2.24, 2.45) is 5.16 Å². The van der Waals surface area contributed by atoms with Crippen LogP contribution in [0.4, 0.5) is 0 Å². The maximum absolute atomic E-state index is 12.8. The number of oxime groups is 1. The minimum absolute atomic E-state index is 0.0549. The fourth-order valence-corrected chi connectivity index (χ4v) is 4.08. The SMILES string of the molecule is CCCO/N=C(\CC)c1c(O)c2ccc(O[C@@H]3OC(C)(C)[C@H](OC)[C@@H](O)[C@H]3O)c(C)c2oc1=O. The first kappa shape index (κ1) is 26.0. The lowest BCUT2D eigenvalue weighted by atomic mass is 9.89. The van der Waals surface area contributed by atoms with E-state index in [4.69, 9.17) is 23.5 Å². The van der Waals surface area contributed by atoms with Crippen LogP contribution in [-0.4, -0.2) is 65.0 Å². The molecule has 1 aliphatic heterocycles. The lowest BCUT2D eigenvalue weighted by Crippen LogP contribution is -2.63. The molecule has 10 nitrogen and oxygen atoms in total. The van der Waals surface area contributed by atoms with Crippen molar-refractivity contribution in [2.45, 2.75) is 77.7 Å². The second-order valence-electron chi connectivity index (χ2n) is 8.75. The summed E-state index contributed by atoms with van der Waals surface area (Å²) in [5.74, 6) is -0.0172. The van der Waals surface area contributed by atoms with Gasteiger partial charge in [-0.1, -0.05) is 19.0 Å². The van der Waals surface area contributed by atoms with Crippen LogP contribution in [0.1, 0.15) is 51.7 Å². The molecular weight excluding hydrogens is 446 g/mol. The van der Waals surface area contributed by atoms with Gasteiger partial charge in [0.25, 0.3) is 0 Å². The van der Waals surface area contributed by atoms with Crippen molar-refractivity contribution in [1.82, 2.24) is 0 Å². The van der Waals surface area contributed by atoms with E-state index in [-0.39, 0.29) is 28.4 Å². The number of hydrogen-bond donors (Lipinski definition) is 3. The third-order valence-corrected chi connectivity index (χ3v) is 5.88. The Morgan fingerprint density at radius 1 is 1.21 bits per heavy atom. The summed E-state index contributed by atoms with van der Waals surface area (Å²) in [6, 6.07) is 3.10. The number of aromatic hydroxyl groups is 1. The number of fused-ring (bicyclic) bond motifs is 1. The first-order valence-electron chi connectivity index (χ1n) is 11.3. The van der Waals surface area contributed by atoms with Gasteiger partial charge in [-0.15, -0.1) is 0 Å². The molecule has 4 atom stereocenters. The normalized spacial score (nSPS) is 24.9. The molecule has 188 valence electrons. The van der Waals surface area contributed by atoms with Gasteiger partial charge in [-0.2, -0.15) is 0 Å². The molecule has 1 fully saturated rings. The van der Waals surface area contributed by atoms with Gasteiger partial charge in [0.15, 0.2) is 0 Å². The zero-order valence-corrected chi connectivity index (χ0v) is 20.3. The van der Waals surface area contributed by atoms with Crippen molar-refractivity contribution in [3.05, 3.63) is 33.7 Å². The number of hydrogen-bond acceptors (Lipinski definition) is 10. The van der Waals surface area contributed by atoms with Crippen LogP contribution in [0.5, 0.6) is 11.5 Å². The summed E-state index contributed by atoms with van der Waals surface area (Å²) in [5.41, 5.74) is -0.959. The third kappa shape index (κ3) is 4.76. The van der Waals surface area contributed by atoms with Crippen molar-refractivity contribution < 1.29 is 38.8 Å². The van der Waals surface area contributed by atoms with Crippen LogP contribution in [0, 0.1) is 6.92 Å². The van der Waals surface area contributed by atoms with E-state index in [1.807, 2.05) is 6.92 Å². The maximum Gasteiger partial charge on any atom is 0.349 e. The topological polar surface area (TPSA) is 140 Å². The average Bonchev–Trinajstić information content (AvgIpc) is 2.78. The highest BCUT2D eigenvalue weighted by molar-refractivity contribution is 6.06. The largest absolute Gasteiger partial charge is 0.506 e. The molecule has 0 unspecified atom stereocenters. The van der Waals surface area contributed by atoms with Crippen LogP contribution in [-0.2, 0) is 14.3 Å². The maximum atomic E-state index is 12.8. The number of methoxy groups -OCH3 is 1. The van der Waals surface area contributed by atoms with E-state index in [2.05, 4.69) is 5.16 Å². The number of ether oxygens (including phenoxy) is 3. The summed E-state index contributed by atoms with van der Waals surface area (Å²) in [6.07, 6.45) is -3.50. The average molecular weight is 480 g/mol. The van der Waals surface area contributed by atoms with E-state index < -0.39 is 35.8 Å². The quantitative estimate of drug-likeness (QED) is 0.225. The number of aryl methyl sites for hydroxylation is 1. The van der Waals surface area contributed by atoms with Crippen molar-refractivity contribution in [3.63, 3.8) is 0 Å². The molecule has 10 heteroatoms. The Morgan fingerprint density at radius 2 is 1.91 bits per heavy atom. The first-order valence-corrected chi connectivity index (χ1v) is 11.3. The smallest absolute Gasteiger partial charge is 0.349 e. The summed E-state index contributed by atoms with van der Waals surface area (Å²) < 4.78 is 22.6. The predicted octanol–water partition coefficient (Wildman–Crippen LogP) is 2.60. The molecule has 1 aromatic carbocycles. The molecule has 0 bridgehead atoms. The van der Waals surface area contributed by atoms with Gasteiger partial charge in [0.05, 0.1) is 16.7 Å². The van der Waals surface area contributed by atoms with Gasteiger partial charge in [-0.3, -0.25) is 0 Å². The molecule has 1 aromatic heterocycles. The van der Waals surface area contributed by atoms with E-state index in [1.165, 1.54) is 13.2 Å². The van der Waals surface area contributed by atoms with Crippen LogP contribution in [0.2, 0.25) is 0 Å². The highest BCUT2D eigenvalue weighted by atomic mass is 16.7. The number of aliphatic hydroxyl groups excluding tert-OH is 2. The molecule has 2 heterocycles. The molecule has 1 saturated heterocycles. The Kier molecular flexibility index (Phi) is 7.87. The molecule has 3 N–H and O–H groups in total. The van der Waals surface area contributed by atoms with E-state index in [0.717, 1.165) is 6.42 Å². The Balaban J connectivity index is 1.99. The van der Waals surface area contributed by atoms with Crippen molar-refractivity contribution >= 4 is 16.7 Å². The summed E-state index contributed by atoms with van der Waals surface area (Å²) in [4.78, 5) is 18.0. The molecule has 0 saturated carbocycles. The van der Waals surface area contributed by atoms with Gasteiger partial charge >= 0.3 is 5.63 Å². The fourth-order valence-electron chi connectivity index (χ4n) is 4.08. The van der Waals surface area contributed by atoms with Gasteiger partial charge in [0, 0.05) is 12.7 Å². The standard InChI is InChI=1S/C24H33NO9/c1-7-11-31-25-14(8-2)16-17(26)13-9-10-15(12(3)20(13)33-22(16)29)32-23-19(28)18(27)21(30-6)24(4,5)34-23/h9-10,18-19,21,23,26-28H,7-8,11H2,1-6H3/b25-14+/t18-,19+,21+,23+/m0/s1. The first-order chi connectivity index (χ1) is 16.1. The molecule has 0 amide bonds. The minimum Gasteiger partial charge on any atom is -0.506 e. The monoisotopic (exact) mass is 479 g/mol. The van der Waals surface area contributed by atoms with Crippen LogP contribution in [0.25, 0.3) is 11.0 Å². The number of rotatable bonds is 8. The van der Waals surface area contributed by atoms with Crippen LogP contribution < -0.4 is 10.4 Å². The van der Waals surface area contributed by atoms with E-state index in [9.17, 15) is 20.1 Å². The second-order valence-corrected chi connectivity index (χ2v) is 8.75. The minimum atomic E-state index is -1.39. The van der Waals surface area contributed by atoms with Crippen molar-refractivity contribution in [3.8, 4) is 11.5 Å². The van der Waals surface area contributed by atoms with Gasteiger partial charge in [-0.25, -0.2) is 4.79 Å². The second kappa shape index (κ2) is 10.3. The third-order valence-electron chi connectivity index (χ3n) is 5.88. The molecule has 1 aliphatic rings. The zero-order valence-electron chi connectivity index (χ0n) is 20.3. The van der Waals surface area contributed by atoms with Gasteiger partial charge in [0.2, 0.25) is 6.29 Å². The molecular formula is C24H33NO9. The fraction of sp³-hybridized carbons (Fsp3) is 0.583. The van der Waals surface area contributed by atoms with Gasteiger partial charge < -0.3 is 38.8 Å². The van der Waals surface area contributed by atoms with E-state index in [0.29, 0.717) is 24.0 Å². The summed E-state index contributed by atoms with van der Waals surface area (Å²) >= 11 is 0. The predicted molar refractivity (Wildman–Crippen MR) is 124 cm³/mol. The molecule has 3 rings (SSSR count). The molecule has 0 aliphatic carbocycles. The Morgan fingerprint density at radius 3 is 2.53 bits per heavy atom. The van der Waals surface area contributed by atoms with Gasteiger partial charge in [-0.05, 0) is 45.7 Å². The molecule has 34 heavy (non-hydrogen) atoms. The summed E-state index contributed by atoms with van der Waals surface area (Å²) in [5, 5.41) is 36.1. The van der Waals surface area contributed by atoms with E-state index >= 15 is 0 Å². The number of aliphatic hydroxyl groups is 2. The molecule has 0 spiro atoms. The highest BCUT2D eigenvalue weighted by Crippen LogP contribution is 2.37. The molecule has 0 radical (unpaired) electrons. The van der Waals surface area contributed by atoms with Crippen LogP contribution in [0.3, 0.4) is 0 Å². The van der Waals surface area contributed by atoms with Crippen molar-refractivity contribution in [1.29, 1.82) is 0 Å². The lowest BCUT2D eigenvalue weighted by Gasteiger charge is -2.46.